The molecule has 27 heavy (non-hydrogen) atoms. The van der Waals surface area contributed by atoms with Gasteiger partial charge in [-0.1, -0.05) is 12.2 Å². The number of hydrogen-bond acceptors (Lipinski definition) is 7. The molecule has 1 aliphatic rings. The zero-order valence-electron chi connectivity index (χ0n) is 16.6. The quantitative estimate of drug-likeness (QED) is 0.398. The summed E-state index contributed by atoms with van der Waals surface area (Å²) in [4.78, 5) is 12.4. The van der Waals surface area contributed by atoms with E-state index in [0.717, 1.165) is 26.3 Å². The third-order valence-corrected chi connectivity index (χ3v) is 3.25. The van der Waals surface area contributed by atoms with Gasteiger partial charge in [-0.2, -0.15) is 0 Å². The highest BCUT2D eigenvalue weighted by molar-refractivity contribution is 5.66. The van der Waals surface area contributed by atoms with E-state index in [0.29, 0.717) is 39.6 Å². The third-order valence-electron chi connectivity index (χ3n) is 3.25. The maximum Gasteiger partial charge on any atom is 0.305 e. The lowest BCUT2D eigenvalue weighted by Crippen LogP contribution is -2.23. The van der Waals surface area contributed by atoms with Crippen molar-refractivity contribution < 1.29 is 33.6 Å². The van der Waals surface area contributed by atoms with Gasteiger partial charge in [0, 0.05) is 26.8 Å². The highest BCUT2D eigenvalue weighted by Crippen LogP contribution is 1.97. The van der Waals surface area contributed by atoms with Crippen LogP contribution < -0.4 is 0 Å². The second-order valence-corrected chi connectivity index (χ2v) is 5.44. The molecule has 0 unspecified atom stereocenters. The smallest absolute Gasteiger partial charge is 0.305 e. The number of ether oxygens (including phenoxy) is 5. The second kappa shape index (κ2) is 20.9. The van der Waals surface area contributed by atoms with Crippen molar-refractivity contribution >= 4 is 5.97 Å². The van der Waals surface area contributed by atoms with Crippen molar-refractivity contribution in [2.75, 3.05) is 79.7 Å². The summed E-state index contributed by atoms with van der Waals surface area (Å²) in [5.41, 5.74) is 0. The van der Waals surface area contributed by atoms with Gasteiger partial charge in [-0.3, -0.25) is 4.79 Å². The summed E-state index contributed by atoms with van der Waals surface area (Å²) >= 11 is 0. The van der Waals surface area contributed by atoms with E-state index in [4.69, 9.17) is 28.8 Å². The van der Waals surface area contributed by atoms with Crippen molar-refractivity contribution in [2.24, 2.45) is 0 Å². The topological polar surface area (TPSA) is 86.7 Å². The minimum absolute atomic E-state index is 0.0279. The standard InChI is InChI=1S/C10H20O6.C9H15NO/c1-13-4-5-15-8-9-16-7-6-14-3-2-10(11)12;1-2-11-9-8-10-6-4-3-5-7-10/h2-9H2,1H3,(H,11,12);3-6H,2,7-9H2,1H3. The first kappa shape index (κ1) is 25.6. The number of rotatable bonds is 16. The molecular formula is C19H35NO7. The number of carboxylic acids is 1. The Morgan fingerprint density at radius 2 is 1.56 bits per heavy atom. The molecule has 0 saturated carbocycles. The van der Waals surface area contributed by atoms with Gasteiger partial charge in [0.1, 0.15) is 0 Å². The zero-order chi connectivity index (χ0) is 20.0. The Balaban J connectivity index is 0.000000533. The van der Waals surface area contributed by atoms with Crippen LogP contribution in [0.25, 0.3) is 0 Å². The highest BCUT2D eigenvalue weighted by atomic mass is 16.6. The lowest BCUT2D eigenvalue weighted by molar-refractivity contribution is -0.138. The van der Waals surface area contributed by atoms with Crippen molar-refractivity contribution in [3.63, 3.8) is 0 Å². The number of carbonyl (C=O) groups is 1. The average Bonchev–Trinajstić information content (AvgIpc) is 2.67. The van der Waals surface area contributed by atoms with Crippen molar-refractivity contribution in [3.8, 4) is 0 Å². The van der Waals surface area contributed by atoms with Gasteiger partial charge in [0.05, 0.1) is 59.3 Å². The van der Waals surface area contributed by atoms with Gasteiger partial charge in [-0.15, -0.1) is 0 Å². The molecule has 0 bridgehead atoms. The maximum absolute atomic E-state index is 10.1. The van der Waals surface area contributed by atoms with E-state index < -0.39 is 5.97 Å². The number of methoxy groups -OCH3 is 1. The van der Waals surface area contributed by atoms with Gasteiger partial charge in [-0.05, 0) is 19.2 Å². The van der Waals surface area contributed by atoms with Crippen molar-refractivity contribution in [3.05, 3.63) is 24.4 Å². The Kier molecular flexibility index (Phi) is 19.7. The Morgan fingerprint density at radius 1 is 0.926 bits per heavy atom. The predicted octanol–water partition coefficient (Wildman–Crippen LogP) is 1.57. The highest BCUT2D eigenvalue weighted by Gasteiger charge is 1.97. The fourth-order valence-corrected chi connectivity index (χ4v) is 1.84. The van der Waals surface area contributed by atoms with E-state index in [1.807, 2.05) is 6.92 Å². The van der Waals surface area contributed by atoms with Crippen LogP contribution in [0.2, 0.25) is 0 Å². The van der Waals surface area contributed by atoms with E-state index in [-0.39, 0.29) is 13.0 Å². The van der Waals surface area contributed by atoms with Gasteiger partial charge < -0.3 is 33.7 Å². The van der Waals surface area contributed by atoms with Crippen LogP contribution in [-0.4, -0.2) is 95.6 Å². The van der Waals surface area contributed by atoms with E-state index >= 15 is 0 Å². The molecule has 0 saturated heterocycles. The Labute approximate surface area is 162 Å². The summed E-state index contributed by atoms with van der Waals surface area (Å²) in [6, 6.07) is 0. The van der Waals surface area contributed by atoms with Crippen molar-refractivity contribution in [2.45, 2.75) is 13.3 Å². The molecule has 1 N–H and O–H groups in total. The molecule has 1 aliphatic heterocycles. The molecule has 1 rings (SSSR count). The fraction of sp³-hybridized carbons (Fsp3) is 0.737. The lowest BCUT2D eigenvalue weighted by Gasteiger charge is -2.19. The molecule has 0 aliphatic carbocycles. The second-order valence-electron chi connectivity index (χ2n) is 5.44. The van der Waals surface area contributed by atoms with Crippen LogP contribution in [-0.2, 0) is 28.5 Å². The molecule has 158 valence electrons. The summed E-state index contributed by atoms with van der Waals surface area (Å²) < 4.78 is 25.4. The molecule has 0 aromatic rings. The van der Waals surface area contributed by atoms with Gasteiger partial charge in [0.15, 0.2) is 0 Å². The molecule has 0 aromatic carbocycles. The lowest BCUT2D eigenvalue weighted by atomic mass is 10.3. The van der Waals surface area contributed by atoms with Crippen molar-refractivity contribution in [1.29, 1.82) is 0 Å². The SMILES string of the molecule is CCOCCN1C=CC=CC1.COCCOCCOCCOCCC(=O)O. The minimum Gasteiger partial charge on any atom is -0.481 e. The number of nitrogens with zero attached hydrogens (tertiary/aromatic N) is 1. The monoisotopic (exact) mass is 389 g/mol. The normalized spacial score (nSPS) is 12.7. The Morgan fingerprint density at radius 3 is 2.07 bits per heavy atom. The molecule has 0 spiro atoms. The Hall–Kier alpha value is -1.45. The largest absolute Gasteiger partial charge is 0.481 e. The van der Waals surface area contributed by atoms with Gasteiger partial charge in [0.2, 0.25) is 0 Å². The molecule has 0 atom stereocenters. The summed E-state index contributed by atoms with van der Waals surface area (Å²) in [5, 5.41) is 8.32. The number of aliphatic carboxylic acids is 1. The van der Waals surface area contributed by atoms with Crippen molar-refractivity contribution in [1.82, 2.24) is 4.90 Å². The van der Waals surface area contributed by atoms with E-state index in [1.165, 1.54) is 0 Å². The number of carboxylic acid groups (broad SMARTS) is 1. The van der Waals surface area contributed by atoms with Crippen LogP contribution in [0.5, 0.6) is 0 Å². The first-order valence-electron chi connectivity index (χ1n) is 9.29. The molecule has 0 aromatic heterocycles. The first-order valence-corrected chi connectivity index (χ1v) is 9.29. The van der Waals surface area contributed by atoms with Crippen LogP contribution in [0, 0.1) is 0 Å². The maximum atomic E-state index is 10.1. The number of allylic oxidation sites excluding steroid dienone is 2. The molecule has 1 heterocycles. The van der Waals surface area contributed by atoms with Gasteiger partial charge >= 0.3 is 5.97 Å². The molecule has 0 amide bonds. The summed E-state index contributed by atoms with van der Waals surface area (Å²) in [6.07, 6.45) is 8.39. The third kappa shape index (κ3) is 20.7. The van der Waals surface area contributed by atoms with Gasteiger partial charge in [0.25, 0.3) is 0 Å². The van der Waals surface area contributed by atoms with Crippen LogP contribution in [0.3, 0.4) is 0 Å². The van der Waals surface area contributed by atoms with E-state index in [1.54, 1.807) is 7.11 Å². The molecular weight excluding hydrogens is 354 g/mol. The summed E-state index contributed by atoms with van der Waals surface area (Å²) in [5.74, 6) is -0.854. The van der Waals surface area contributed by atoms with Crippen LogP contribution >= 0.6 is 0 Å². The van der Waals surface area contributed by atoms with Gasteiger partial charge in [-0.25, -0.2) is 0 Å². The Bertz CT molecular complexity index is 388. The van der Waals surface area contributed by atoms with Crippen LogP contribution in [0.15, 0.2) is 24.4 Å². The van der Waals surface area contributed by atoms with Crippen LogP contribution in [0.4, 0.5) is 0 Å². The van der Waals surface area contributed by atoms with E-state index in [9.17, 15) is 4.79 Å². The predicted molar refractivity (Wildman–Crippen MR) is 103 cm³/mol. The van der Waals surface area contributed by atoms with E-state index in [2.05, 4.69) is 29.3 Å². The fourth-order valence-electron chi connectivity index (χ4n) is 1.84. The summed E-state index contributed by atoms with van der Waals surface area (Å²) in [6.45, 7) is 8.94. The minimum atomic E-state index is -0.854. The first-order chi connectivity index (χ1) is 13.2. The molecule has 0 fully saturated rings. The average molecular weight is 389 g/mol. The number of hydrogen-bond donors (Lipinski definition) is 1. The zero-order valence-corrected chi connectivity index (χ0v) is 16.6. The molecule has 0 radical (unpaired) electrons. The van der Waals surface area contributed by atoms with Crippen LogP contribution in [0.1, 0.15) is 13.3 Å². The molecule has 8 nitrogen and oxygen atoms in total. The summed E-state index contributed by atoms with van der Waals surface area (Å²) in [7, 11) is 1.62. The molecule has 8 heteroatoms.